The van der Waals surface area contributed by atoms with Crippen LogP contribution in [0.3, 0.4) is 0 Å². The summed E-state index contributed by atoms with van der Waals surface area (Å²) in [5, 5.41) is 0.997. The maximum Gasteiger partial charge on any atom is 0.240 e. The van der Waals surface area contributed by atoms with E-state index in [0.717, 1.165) is 16.5 Å². The second-order valence-electron chi connectivity index (χ2n) is 3.56. The lowest BCUT2D eigenvalue weighted by atomic mass is 10.0. The molecule has 0 unspecified atom stereocenters. The Labute approximate surface area is 98.2 Å². The van der Waals surface area contributed by atoms with Crippen LogP contribution >= 0.6 is 12.4 Å². The monoisotopic (exact) mass is 246 g/mol. The predicted molar refractivity (Wildman–Crippen MR) is 63.1 cm³/mol. The third-order valence-electron chi connectivity index (χ3n) is 2.44. The van der Waals surface area contributed by atoms with Crippen molar-refractivity contribution >= 4 is 23.3 Å². The number of benzene rings is 1. The van der Waals surface area contributed by atoms with E-state index in [1.54, 1.807) is 6.07 Å². The van der Waals surface area contributed by atoms with Gasteiger partial charge in [0.1, 0.15) is 0 Å². The van der Waals surface area contributed by atoms with Gasteiger partial charge < -0.3 is 10.7 Å². The minimum atomic E-state index is -2.36. The molecule has 0 saturated carbocycles. The summed E-state index contributed by atoms with van der Waals surface area (Å²) in [5.41, 5.74) is 7.41. The van der Waals surface area contributed by atoms with E-state index in [2.05, 4.69) is 4.98 Å². The molecule has 2 nitrogen and oxygen atoms in total. The van der Waals surface area contributed by atoms with Crippen molar-refractivity contribution in [2.45, 2.75) is 18.9 Å². The Balaban J connectivity index is 0.00000128. The molecular formula is C11H13ClF2N2. The maximum atomic E-state index is 12.1. The number of aromatic nitrogens is 1. The van der Waals surface area contributed by atoms with Crippen molar-refractivity contribution in [2.24, 2.45) is 5.73 Å². The molecule has 5 heteroatoms. The predicted octanol–water partition coefficient (Wildman–Crippen LogP) is 3.24. The molecule has 0 aliphatic rings. The van der Waals surface area contributed by atoms with Gasteiger partial charge in [0.05, 0.1) is 0 Å². The first-order valence-electron chi connectivity index (χ1n) is 4.77. The molecule has 0 bridgehead atoms. The molecule has 1 aromatic carbocycles. The van der Waals surface area contributed by atoms with Gasteiger partial charge in [-0.05, 0) is 29.1 Å². The minimum Gasteiger partial charge on any atom is -0.361 e. The summed E-state index contributed by atoms with van der Waals surface area (Å²) < 4.78 is 24.3. The molecule has 16 heavy (non-hydrogen) atoms. The third kappa shape index (κ3) is 2.71. The molecule has 1 heterocycles. The van der Waals surface area contributed by atoms with E-state index in [4.69, 9.17) is 5.73 Å². The Morgan fingerprint density at radius 3 is 2.69 bits per heavy atom. The van der Waals surface area contributed by atoms with E-state index in [1.165, 1.54) is 0 Å². The lowest BCUT2D eigenvalue weighted by Gasteiger charge is -2.11. The Hall–Kier alpha value is -1.13. The molecule has 2 rings (SSSR count). The van der Waals surface area contributed by atoms with Gasteiger partial charge in [-0.1, -0.05) is 6.07 Å². The number of alkyl halides is 2. The normalized spacial score (nSPS) is 12.8. The first-order valence-corrected chi connectivity index (χ1v) is 4.77. The number of hydrogen-bond donors (Lipinski definition) is 2. The van der Waals surface area contributed by atoms with Gasteiger partial charge in [-0.15, -0.1) is 12.4 Å². The molecule has 0 radical (unpaired) electrons. The van der Waals surface area contributed by atoms with Crippen LogP contribution in [0, 0.1) is 0 Å². The molecular weight excluding hydrogens is 234 g/mol. The van der Waals surface area contributed by atoms with Crippen LogP contribution < -0.4 is 5.73 Å². The highest BCUT2D eigenvalue weighted by molar-refractivity contribution is 5.85. The van der Waals surface area contributed by atoms with Crippen molar-refractivity contribution in [1.29, 1.82) is 0 Å². The molecule has 3 N–H and O–H groups in total. The van der Waals surface area contributed by atoms with Crippen LogP contribution in [-0.2, 0) is 0 Å². The Morgan fingerprint density at radius 1 is 1.25 bits per heavy atom. The molecule has 1 atom stereocenters. The molecule has 88 valence electrons. The minimum absolute atomic E-state index is 0. The number of H-pyrrole nitrogens is 1. The van der Waals surface area contributed by atoms with Crippen LogP contribution in [0.2, 0.25) is 0 Å². The average Bonchev–Trinajstić information content (AvgIpc) is 2.62. The summed E-state index contributed by atoms with van der Waals surface area (Å²) in [6.45, 7) is 0. The van der Waals surface area contributed by atoms with Crippen molar-refractivity contribution in [2.75, 3.05) is 0 Å². The number of aromatic amines is 1. The van der Waals surface area contributed by atoms with Crippen molar-refractivity contribution in [3.63, 3.8) is 0 Å². The zero-order valence-electron chi connectivity index (χ0n) is 8.49. The fraction of sp³-hybridized carbons (Fsp3) is 0.273. The van der Waals surface area contributed by atoms with Crippen molar-refractivity contribution in [3.05, 3.63) is 36.0 Å². The highest BCUT2D eigenvalue weighted by Crippen LogP contribution is 2.22. The zero-order chi connectivity index (χ0) is 10.8. The molecule has 0 amide bonds. The lowest BCUT2D eigenvalue weighted by molar-refractivity contribution is 0.128. The summed E-state index contributed by atoms with van der Waals surface area (Å²) in [5.74, 6) is 0. The molecule has 2 aromatic rings. The highest BCUT2D eigenvalue weighted by Gasteiger charge is 2.13. The summed E-state index contributed by atoms with van der Waals surface area (Å²) in [4.78, 5) is 3.04. The van der Waals surface area contributed by atoms with Gasteiger partial charge in [-0.25, -0.2) is 8.78 Å². The number of rotatable bonds is 3. The second-order valence-corrected chi connectivity index (χ2v) is 3.56. The zero-order valence-corrected chi connectivity index (χ0v) is 9.31. The van der Waals surface area contributed by atoms with Gasteiger partial charge in [-0.2, -0.15) is 0 Å². The molecule has 1 aromatic heterocycles. The molecule has 0 spiro atoms. The van der Waals surface area contributed by atoms with Crippen molar-refractivity contribution in [1.82, 2.24) is 4.98 Å². The Bertz CT molecular complexity index is 456. The second kappa shape index (κ2) is 5.27. The smallest absolute Gasteiger partial charge is 0.240 e. The van der Waals surface area contributed by atoms with E-state index in [9.17, 15) is 8.78 Å². The van der Waals surface area contributed by atoms with Crippen LogP contribution in [0.1, 0.15) is 18.0 Å². The van der Waals surface area contributed by atoms with Crippen LogP contribution in [0.25, 0.3) is 10.9 Å². The average molecular weight is 247 g/mol. The summed E-state index contributed by atoms with van der Waals surface area (Å²) in [7, 11) is 0. The quantitative estimate of drug-likeness (QED) is 0.858. The van der Waals surface area contributed by atoms with Gasteiger partial charge in [-0.3, -0.25) is 0 Å². The van der Waals surface area contributed by atoms with Crippen molar-refractivity contribution < 1.29 is 8.78 Å². The van der Waals surface area contributed by atoms with Gasteiger partial charge in [0.25, 0.3) is 0 Å². The van der Waals surface area contributed by atoms with E-state index >= 15 is 0 Å². The van der Waals surface area contributed by atoms with E-state index in [1.807, 2.05) is 24.4 Å². The Kier molecular flexibility index (Phi) is 4.26. The molecule has 0 aliphatic heterocycles. The summed E-state index contributed by atoms with van der Waals surface area (Å²) in [6.07, 6.45) is -0.842. The number of halogens is 3. The number of nitrogens with one attached hydrogen (secondary N) is 1. The van der Waals surface area contributed by atoms with E-state index < -0.39 is 12.5 Å². The SMILES string of the molecule is Cl.N[C@@H](CC(F)F)c1ccc2[nH]ccc2c1. The lowest BCUT2D eigenvalue weighted by Crippen LogP contribution is -2.13. The number of nitrogens with two attached hydrogens (primary N) is 1. The summed E-state index contributed by atoms with van der Waals surface area (Å²) >= 11 is 0. The van der Waals surface area contributed by atoms with Gasteiger partial charge in [0.15, 0.2) is 0 Å². The van der Waals surface area contributed by atoms with Crippen molar-refractivity contribution in [3.8, 4) is 0 Å². The van der Waals surface area contributed by atoms with Crippen LogP contribution in [0.5, 0.6) is 0 Å². The van der Waals surface area contributed by atoms with Crippen LogP contribution in [0.4, 0.5) is 8.78 Å². The van der Waals surface area contributed by atoms with Crippen LogP contribution in [0.15, 0.2) is 30.5 Å². The fourth-order valence-corrected chi connectivity index (χ4v) is 1.63. The van der Waals surface area contributed by atoms with Gasteiger partial charge in [0.2, 0.25) is 6.43 Å². The standard InChI is InChI=1S/C11H12F2N2.ClH/c12-11(13)6-9(14)7-1-2-10-8(5-7)3-4-15-10;/h1-5,9,11,15H,6,14H2;1H/t9-;/m0./s1. The summed E-state index contributed by atoms with van der Waals surface area (Å²) in [6, 6.07) is 6.79. The largest absolute Gasteiger partial charge is 0.361 e. The highest BCUT2D eigenvalue weighted by atomic mass is 35.5. The number of fused-ring (bicyclic) bond motifs is 1. The topological polar surface area (TPSA) is 41.8 Å². The third-order valence-corrected chi connectivity index (χ3v) is 2.44. The van der Waals surface area contributed by atoms with Gasteiger partial charge >= 0.3 is 0 Å². The molecule has 0 saturated heterocycles. The van der Waals surface area contributed by atoms with E-state index in [0.29, 0.717) is 0 Å². The van der Waals surface area contributed by atoms with Gasteiger partial charge in [0, 0.05) is 24.2 Å². The Morgan fingerprint density at radius 2 is 2.00 bits per heavy atom. The first kappa shape index (κ1) is 12.9. The number of hydrogen-bond acceptors (Lipinski definition) is 1. The van der Waals surface area contributed by atoms with E-state index in [-0.39, 0.29) is 18.8 Å². The first-order chi connectivity index (χ1) is 7.16. The molecule has 0 fully saturated rings. The maximum absolute atomic E-state index is 12.1. The fourth-order valence-electron chi connectivity index (χ4n) is 1.63. The molecule has 0 aliphatic carbocycles. The van der Waals surface area contributed by atoms with Crippen LogP contribution in [-0.4, -0.2) is 11.4 Å².